The van der Waals surface area contributed by atoms with Crippen molar-refractivity contribution in [1.82, 2.24) is 24.9 Å². The van der Waals surface area contributed by atoms with Crippen LogP contribution in [0.4, 0.5) is 43.9 Å². The van der Waals surface area contributed by atoms with Gasteiger partial charge in [0, 0.05) is 17.4 Å². The minimum absolute atomic E-state index is 0.207. The van der Waals surface area contributed by atoms with Crippen molar-refractivity contribution in [3.05, 3.63) is 72.6 Å². The minimum atomic E-state index is -4.74. The Labute approximate surface area is 200 Å². The van der Waals surface area contributed by atoms with E-state index in [2.05, 4.69) is 35.6 Å². The number of alkyl halides is 6. The first kappa shape index (κ1) is 24.8. The van der Waals surface area contributed by atoms with Gasteiger partial charge < -0.3 is 10.6 Å². The minimum Gasteiger partial charge on any atom is -0.343 e. The SMILES string of the molecule is C[C@@H](Nc1nc(Nc2ccnc(-c3ccccc3)c2)nc(-c2cccc(C(F)(F)F)n2)n1)C(F)(F)F. The summed E-state index contributed by atoms with van der Waals surface area (Å²) in [5, 5.41) is 4.96. The number of halogens is 6. The number of benzene rings is 1. The molecule has 1 atom stereocenters. The van der Waals surface area contributed by atoms with E-state index in [0.29, 0.717) is 11.4 Å². The Hall–Kier alpha value is -4.29. The Balaban J connectivity index is 1.73. The molecule has 0 aliphatic carbocycles. The summed E-state index contributed by atoms with van der Waals surface area (Å²) < 4.78 is 78.7. The predicted octanol–water partition coefficient (Wildman–Crippen LogP) is 6.12. The molecule has 0 aliphatic heterocycles. The maximum atomic E-state index is 13.1. The van der Waals surface area contributed by atoms with Crippen LogP contribution in [0.2, 0.25) is 0 Å². The van der Waals surface area contributed by atoms with Gasteiger partial charge in [-0.15, -0.1) is 0 Å². The van der Waals surface area contributed by atoms with Gasteiger partial charge in [0.2, 0.25) is 11.9 Å². The molecule has 7 nitrogen and oxygen atoms in total. The number of aromatic nitrogens is 5. The van der Waals surface area contributed by atoms with Crippen molar-refractivity contribution in [2.75, 3.05) is 10.6 Å². The van der Waals surface area contributed by atoms with Crippen LogP contribution < -0.4 is 10.6 Å². The Morgan fingerprint density at radius 1 is 0.750 bits per heavy atom. The van der Waals surface area contributed by atoms with E-state index in [1.54, 1.807) is 12.1 Å². The van der Waals surface area contributed by atoms with Gasteiger partial charge in [0.25, 0.3) is 0 Å². The molecule has 2 N–H and O–H groups in total. The van der Waals surface area contributed by atoms with Gasteiger partial charge in [-0.2, -0.15) is 41.3 Å². The van der Waals surface area contributed by atoms with E-state index in [1.807, 2.05) is 30.3 Å². The van der Waals surface area contributed by atoms with Crippen molar-refractivity contribution in [2.24, 2.45) is 0 Å². The number of hydrogen-bond donors (Lipinski definition) is 2. The molecule has 4 rings (SSSR count). The second kappa shape index (κ2) is 9.76. The average molecular weight is 505 g/mol. The quantitative estimate of drug-likeness (QED) is 0.305. The summed E-state index contributed by atoms with van der Waals surface area (Å²) >= 11 is 0. The third kappa shape index (κ3) is 6.03. The zero-order valence-corrected chi connectivity index (χ0v) is 18.4. The third-order valence-corrected chi connectivity index (χ3v) is 4.83. The van der Waals surface area contributed by atoms with Crippen LogP contribution >= 0.6 is 0 Å². The van der Waals surface area contributed by atoms with E-state index in [4.69, 9.17) is 0 Å². The van der Waals surface area contributed by atoms with Gasteiger partial charge in [-0.1, -0.05) is 36.4 Å². The van der Waals surface area contributed by atoms with E-state index in [1.165, 1.54) is 12.3 Å². The first-order valence-electron chi connectivity index (χ1n) is 10.4. The van der Waals surface area contributed by atoms with Crippen molar-refractivity contribution >= 4 is 17.6 Å². The smallest absolute Gasteiger partial charge is 0.343 e. The lowest BCUT2D eigenvalue weighted by Gasteiger charge is -2.18. The molecule has 3 aromatic heterocycles. The summed E-state index contributed by atoms with van der Waals surface area (Å²) in [7, 11) is 0. The zero-order chi connectivity index (χ0) is 25.9. The lowest BCUT2D eigenvalue weighted by molar-refractivity contribution is -0.141. The summed E-state index contributed by atoms with van der Waals surface area (Å²) in [4.78, 5) is 19.7. The topological polar surface area (TPSA) is 88.5 Å². The van der Waals surface area contributed by atoms with Gasteiger partial charge in [0.15, 0.2) is 5.82 Å². The largest absolute Gasteiger partial charge is 0.433 e. The van der Waals surface area contributed by atoms with Crippen LogP contribution in [-0.4, -0.2) is 37.1 Å². The third-order valence-electron chi connectivity index (χ3n) is 4.83. The standard InChI is InChI=1S/C23H17F6N7/c1-13(22(24,25)26)31-20-34-19(16-8-5-9-18(33-16)23(27,28)29)35-21(36-20)32-15-10-11-30-17(12-15)14-6-3-2-4-7-14/h2-13H,1H3,(H2,30,31,32,34,35,36)/t13-/m1/s1. The molecule has 0 bridgehead atoms. The fourth-order valence-electron chi connectivity index (χ4n) is 3.01. The summed E-state index contributed by atoms with van der Waals surface area (Å²) in [6, 6.07) is 13.5. The van der Waals surface area contributed by atoms with Gasteiger partial charge in [-0.25, -0.2) is 4.98 Å². The van der Waals surface area contributed by atoms with E-state index < -0.39 is 30.0 Å². The highest BCUT2D eigenvalue weighted by Gasteiger charge is 2.37. The van der Waals surface area contributed by atoms with Crippen molar-refractivity contribution in [2.45, 2.75) is 25.3 Å². The molecular formula is C23H17F6N7. The Kier molecular flexibility index (Phi) is 6.73. The molecule has 0 amide bonds. The van der Waals surface area contributed by atoms with Crippen LogP contribution in [0.25, 0.3) is 22.8 Å². The van der Waals surface area contributed by atoms with E-state index in [-0.39, 0.29) is 17.5 Å². The highest BCUT2D eigenvalue weighted by Crippen LogP contribution is 2.30. The van der Waals surface area contributed by atoms with Crippen LogP contribution in [0.1, 0.15) is 12.6 Å². The Bertz CT molecular complexity index is 1340. The number of nitrogens with zero attached hydrogens (tertiary/aromatic N) is 5. The summed E-state index contributed by atoms with van der Waals surface area (Å²) in [5.41, 5.74) is 0.353. The van der Waals surface area contributed by atoms with Gasteiger partial charge in [0.1, 0.15) is 17.4 Å². The number of nitrogens with one attached hydrogen (secondary N) is 2. The van der Waals surface area contributed by atoms with Crippen LogP contribution in [0.5, 0.6) is 0 Å². The van der Waals surface area contributed by atoms with Gasteiger partial charge >= 0.3 is 12.4 Å². The molecule has 13 heteroatoms. The normalized spacial score (nSPS) is 12.8. The van der Waals surface area contributed by atoms with Crippen LogP contribution in [0.3, 0.4) is 0 Å². The molecule has 0 fully saturated rings. The first-order valence-corrected chi connectivity index (χ1v) is 10.4. The van der Waals surface area contributed by atoms with Gasteiger partial charge in [0.05, 0.1) is 5.69 Å². The summed E-state index contributed by atoms with van der Waals surface area (Å²) in [5.74, 6) is -1.06. The maximum Gasteiger partial charge on any atom is 0.433 e. The number of rotatable bonds is 6. The molecule has 0 saturated heterocycles. The molecule has 4 aromatic rings. The lowest BCUT2D eigenvalue weighted by atomic mass is 10.1. The van der Waals surface area contributed by atoms with E-state index in [0.717, 1.165) is 24.6 Å². The Morgan fingerprint density at radius 2 is 1.47 bits per heavy atom. The maximum absolute atomic E-state index is 13.1. The average Bonchev–Trinajstić information content (AvgIpc) is 2.83. The molecule has 0 radical (unpaired) electrons. The van der Waals surface area contributed by atoms with E-state index >= 15 is 0 Å². The van der Waals surface area contributed by atoms with Crippen LogP contribution in [0.15, 0.2) is 66.9 Å². The number of anilines is 3. The van der Waals surface area contributed by atoms with Crippen molar-refractivity contribution in [3.8, 4) is 22.8 Å². The first-order chi connectivity index (χ1) is 17.0. The zero-order valence-electron chi connectivity index (χ0n) is 18.4. The van der Waals surface area contributed by atoms with E-state index in [9.17, 15) is 26.3 Å². The second-order valence-electron chi connectivity index (χ2n) is 7.54. The molecule has 3 heterocycles. The molecule has 36 heavy (non-hydrogen) atoms. The van der Waals surface area contributed by atoms with Crippen molar-refractivity contribution < 1.29 is 26.3 Å². The molecule has 0 unspecified atom stereocenters. The fourth-order valence-corrected chi connectivity index (χ4v) is 3.01. The highest BCUT2D eigenvalue weighted by molar-refractivity contribution is 5.66. The molecule has 0 spiro atoms. The van der Waals surface area contributed by atoms with Gasteiger partial charge in [-0.05, 0) is 31.2 Å². The number of pyridine rings is 2. The van der Waals surface area contributed by atoms with Crippen molar-refractivity contribution in [3.63, 3.8) is 0 Å². The molecule has 0 aliphatic rings. The monoisotopic (exact) mass is 505 g/mol. The molecular weight excluding hydrogens is 488 g/mol. The predicted molar refractivity (Wildman–Crippen MR) is 120 cm³/mol. The molecule has 0 saturated carbocycles. The lowest BCUT2D eigenvalue weighted by Crippen LogP contribution is -2.34. The van der Waals surface area contributed by atoms with Crippen LogP contribution in [0, 0.1) is 0 Å². The van der Waals surface area contributed by atoms with Crippen molar-refractivity contribution in [1.29, 1.82) is 0 Å². The second-order valence-corrected chi connectivity index (χ2v) is 7.54. The van der Waals surface area contributed by atoms with Crippen LogP contribution in [-0.2, 0) is 6.18 Å². The fraction of sp³-hybridized carbons (Fsp3) is 0.174. The van der Waals surface area contributed by atoms with Gasteiger partial charge in [-0.3, -0.25) is 4.98 Å². The highest BCUT2D eigenvalue weighted by atomic mass is 19.4. The number of hydrogen-bond acceptors (Lipinski definition) is 7. The molecule has 1 aromatic carbocycles. The molecule has 186 valence electrons. The Morgan fingerprint density at radius 3 is 2.17 bits per heavy atom. The summed E-state index contributed by atoms with van der Waals surface area (Å²) in [6.45, 7) is 0.855. The summed E-state index contributed by atoms with van der Waals surface area (Å²) in [6.07, 6.45) is -7.85.